The number of allylic oxidation sites excluding steroid dienone is 1. The highest BCUT2D eigenvalue weighted by Crippen LogP contribution is 2.50. The van der Waals surface area contributed by atoms with Gasteiger partial charge in [0.05, 0.1) is 24.0 Å². The van der Waals surface area contributed by atoms with Crippen molar-refractivity contribution in [1.82, 2.24) is 0 Å². The van der Waals surface area contributed by atoms with E-state index in [-0.39, 0.29) is 23.1 Å². The summed E-state index contributed by atoms with van der Waals surface area (Å²) in [6.45, 7) is 0. The lowest BCUT2D eigenvalue weighted by Gasteiger charge is -2.43. The van der Waals surface area contributed by atoms with Crippen LogP contribution in [0.4, 0.5) is 0 Å². The van der Waals surface area contributed by atoms with Gasteiger partial charge in [0.1, 0.15) is 23.0 Å². The molecule has 10 N–H and O–H groups in total. The van der Waals surface area contributed by atoms with E-state index in [9.17, 15) is 60.7 Å². The third-order valence-electron chi connectivity index (χ3n) is 8.09. The monoisotopic (exact) mass is 580 g/mol. The molecule has 0 unspecified atom stereocenters. The molecule has 0 aliphatic heterocycles. The van der Waals surface area contributed by atoms with Gasteiger partial charge in [-0.15, -0.1) is 0 Å². The lowest BCUT2D eigenvalue weighted by Crippen LogP contribution is -2.51. The molecule has 6 atom stereocenters. The standard InChI is InChI=1S/C30H28O12/c31-13-7-18(34)14(19(35)8-13)9-22(38)24(11-1-3-16(32)20(36)5-11)26-28(40)15-10-23(39)25(27(29(15)41)30(26)42)12-2-4-17(33)21(37)6-12/h1-8,15,22-25,27,31-40H,9-10H2/t15-,22+,23+,24-,25-,27-/m0/s1. The minimum Gasteiger partial charge on any atom is -0.511 e. The molecule has 1 fully saturated rings. The lowest BCUT2D eigenvalue weighted by atomic mass is 9.60. The Balaban J connectivity index is 1.65. The Morgan fingerprint density at radius 2 is 1.33 bits per heavy atom. The van der Waals surface area contributed by atoms with Crippen LogP contribution in [0, 0.1) is 11.8 Å². The van der Waals surface area contributed by atoms with Crippen molar-refractivity contribution < 1.29 is 60.7 Å². The second kappa shape index (κ2) is 10.5. The Hall–Kier alpha value is -4.94. The number of rotatable bonds is 6. The Bertz CT molecular complexity index is 1600. The number of aliphatic hydroxyl groups is 3. The summed E-state index contributed by atoms with van der Waals surface area (Å²) in [5, 5.41) is 104. The van der Waals surface area contributed by atoms with Crippen LogP contribution in [0.1, 0.15) is 34.9 Å². The predicted molar refractivity (Wildman–Crippen MR) is 143 cm³/mol. The molecular weight excluding hydrogens is 552 g/mol. The molecule has 2 aliphatic carbocycles. The summed E-state index contributed by atoms with van der Waals surface area (Å²) in [5.74, 6) is -11.7. The normalized spacial score (nSPS) is 23.6. The molecule has 0 spiro atoms. The highest BCUT2D eigenvalue weighted by atomic mass is 16.3. The Morgan fingerprint density at radius 1 is 0.738 bits per heavy atom. The smallest absolute Gasteiger partial charge is 0.174 e. The third kappa shape index (κ3) is 4.70. The first-order valence-corrected chi connectivity index (χ1v) is 12.9. The summed E-state index contributed by atoms with van der Waals surface area (Å²) >= 11 is 0. The second-order valence-corrected chi connectivity index (χ2v) is 10.6. The largest absolute Gasteiger partial charge is 0.511 e. The van der Waals surface area contributed by atoms with Crippen LogP contribution in [0.15, 0.2) is 59.9 Å². The number of aromatic hydroxyl groups is 7. The van der Waals surface area contributed by atoms with Crippen molar-refractivity contribution in [2.75, 3.05) is 0 Å². The van der Waals surface area contributed by atoms with Crippen molar-refractivity contribution in [3.63, 3.8) is 0 Å². The molecule has 5 rings (SSSR count). The summed E-state index contributed by atoms with van der Waals surface area (Å²) in [6, 6.07) is 8.83. The van der Waals surface area contributed by atoms with E-state index in [1.54, 1.807) is 0 Å². The molecular formula is C30H28O12. The fraction of sp³-hybridized carbons (Fsp3) is 0.267. The maximum Gasteiger partial charge on any atom is 0.174 e. The van der Waals surface area contributed by atoms with Gasteiger partial charge in [-0.25, -0.2) is 0 Å². The predicted octanol–water partition coefficient (Wildman–Crippen LogP) is 2.06. The van der Waals surface area contributed by atoms with E-state index in [1.807, 2.05) is 0 Å². The molecule has 0 aromatic heterocycles. The average molecular weight is 581 g/mol. The first kappa shape index (κ1) is 28.6. The van der Waals surface area contributed by atoms with Crippen molar-refractivity contribution >= 4 is 11.6 Å². The number of hydrogen-bond donors (Lipinski definition) is 10. The third-order valence-corrected chi connectivity index (χ3v) is 8.09. The summed E-state index contributed by atoms with van der Waals surface area (Å²) in [5.41, 5.74) is -0.431. The zero-order valence-electron chi connectivity index (χ0n) is 21.8. The number of ketones is 2. The number of phenols is 7. The summed E-state index contributed by atoms with van der Waals surface area (Å²) in [7, 11) is 0. The van der Waals surface area contributed by atoms with Crippen LogP contribution in [0.5, 0.6) is 40.2 Å². The van der Waals surface area contributed by atoms with Gasteiger partial charge >= 0.3 is 0 Å². The van der Waals surface area contributed by atoms with Crippen molar-refractivity contribution in [3.05, 3.63) is 76.6 Å². The van der Waals surface area contributed by atoms with Gasteiger partial charge in [-0.3, -0.25) is 9.59 Å². The first-order valence-electron chi connectivity index (χ1n) is 12.9. The average Bonchev–Trinajstić information content (AvgIpc) is 2.91. The second-order valence-electron chi connectivity index (χ2n) is 10.6. The molecule has 3 aromatic rings. The van der Waals surface area contributed by atoms with Gasteiger partial charge < -0.3 is 51.1 Å². The Labute approximate surface area is 237 Å². The number of benzene rings is 3. The zero-order chi connectivity index (χ0) is 30.6. The van der Waals surface area contributed by atoms with Crippen LogP contribution in [0.25, 0.3) is 0 Å². The maximum absolute atomic E-state index is 14.1. The number of hydrogen-bond acceptors (Lipinski definition) is 12. The minimum atomic E-state index is -1.70. The molecule has 12 nitrogen and oxygen atoms in total. The SMILES string of the molecule is O=C1C([C@@H](c2ccc(O)c(O)c2)[C@H](O)Cc2c(O)cc(O)cc2O)=C(O)[C@@H]2C[C@@H](O)[C@H](c3ccc(O)c(O)c3)[C@H]1C2=O. The molecule has 0 amide bonds. The van der Waals surface area contributed by atoms with Crippen LogP contribution < -0.4 is 0 Å². The molecule has 220 valence electrons. The van der Waals surface area contributed by atoms with E-state index in [0.29, 0.717) is 0 Å². The van der Waals surface area contributed by atoms with Gasteiger partial charge in [0.15, 0.2) is 34.6 Å². The summed E-state index contributed by atoms with van der Waals surface area (Å²) < 4.78 is 0. The van der Waals surface area contributed by atoms with E-state index in [0.717, 1.165) is 36.4 Å². The van der Waals surface area contributed by atoms with Gasteiger partial charge in [-0.2, -0.15) is 0 Å². The number of aliphatic hydroxyl groups excluding tert-OH is 3. The molecule has 0 radical (unpaired) electrons. The number of fused-ring (bicyclic) bond motifs is 2. The summed E-state index contributed by atoms with van der Waals surface area (Å²) in [4.78, 5) is 27.6. The number of carbonyl (C=O) groups excluding carboxylic acids is 2. The molecule has 12 heteroatoms. The van der Waals surface area contributed by atoms with E-state index in [2.05, 4.69) is 0 Å². The first-order chi connectivity index (χ1) is 19.8. The maximum atomic E-state index is 14.1. The fourth-order valence-corrected chi connectivity index (χ4v) is 6.09. The highest BCUT2D eigenvalue weighted by molar-refractivity contribution is 6.16. The topological polar surface area (TPSA) is 236 Å². The van der Waals surface area contributed by atoms with Gasteiger partial charge in [-0.05, 0) is 41.8 Å². The number of carbonyl (C=O) groups is 2. The molecule has 2 aliphatic rings. The zero-order valence-corrected chi connectivity index (χ0v) is 21.8. The highest BCUT2D eigenvalue weighted by Gasteiger charge is 2.55. The molecule has 0 saturated heterocycles. The lowest BCUT2D eigenvalue weighted by molar-refractivity contribution is -0.143. The molecule has 0 heterocycles. The Morgan fingerprint density at radius 3 is 1.93 bits per heavy atom. The van der Waals surface area contributed by atoms with Crippen molar-refractivity contribution in [2.24, 2.45) is 11.8 Å². The quantitative estimate of drug-likeness (QED) is 0.149. The van der Waals surface area contributed by atoms with Gasteiger partial charge in [0, 0.05) is 41.5 Å². The minimum absolute atomic E-state index is 0.0252. The van der Waals surface area contributed by atoms with Crippen LogP contribution in [0.2, 0.25) is 0 Å². The van der Waals surface area contributed by atoms with E-state index >= 15 is 0 Å². The molecule has 2 bridgehead atoms. The molecule has 42 heavy (non-hydrogen) atoms. The van der Waals surface area contributed by atoms with Crippen LogP contribution in [-0.2, 0) is 16.0 Å². The van der Waals surface area contributed by atoms with E-state index in [1.165, 1.54) is 12.1 Å². The van der Waals surface area contributed by atoms with Crippen LogP contribution in [-0.4, -0.2) is 74.8 Å². The molecule has 3 aromatic carbocycles. The number of Topliss-reactive ketones (excluding diaryl/α,β-unsaturated/α-hetero) is 2. The fourth-order valence-electron chi connectivity index (χ4n) is 6.09. The van der Waals surface area contributed by atoms with Crippen LogP contribution in [0.3, 0.4) is 0 Å². The van der Waals surface area contributed by atoms with Crippen molar-refractivity contribution in [3.8, 4) is 40.2 Å². The van der Waals surface area contributed by atoms with E-state index in [4.69, 9.17) is 0 Å². The van der Waals surface area contributed by atoms with E-state index < -0.39 is 105 Å². The van der Waals surface area contributed by atoms with Crippen molar-refractivity contribution in [1.29, 1.82) is 0 Å². The number of phenolic OH excluding ortho intramolecular Hbond substituents is 7. The van der Waals surface area contributed by atoms with Gasteiger partial charge in [0.25, 0.3) is 0 Å². The summed E-state index contributed by atoms with van der Waals surface area (Å²) in [6.07, 6.45) is -3.87. The van der Waals surface area contributed by atoms with Crippen molar-refractivity contribution in [2.45, 2.75) is 36.9 Å². The Kier molecular flexibility index (Phi) is 7.13. The van der Waals surface area contributed by atoms with Gasteiger partial charge in [-0.1, -0.05) is 12.1 Å². The molecule has 1 saturated carbocycles. The van der Waals surface area contributed by atoms with Crippen LogP contribution >= 0.6 is 0 Å². The van der Waals surface area contributed by atoms with Gasteiger partial charge in [0.2, 0.25) is 0 Å².